The number of hydrogen-bond acceptors (Lipinski definition) is 2. The maximum atomic E-state index is 12.6. The van der Waals surface area contributed by atoms with Gasteiger partial charge in [0.05, 0.1) is 5.92 Å². The minimum atomic E-state index is 0.0781. The van der Waals surface area contributed by atoms with Crippen molar-refractivity contribution < 1.29 is 4.79 Å². The van der Waals surface area contributed by atoms with Gasteiger partial charge in [0.1, 0.15) is 0 Å². The van der Waals surface area contributed by atoms with Gasteiger partial charge in [-0.05, 0) is 38.0 Å². The summed E-state index contributed by atoms with van der Waals surface area (Å²) in [6.07, 6.45) is 6.78. The number of hydrogen-bond donors (Lipinski definition) is 1. The maximum Gasteiger partial charge on any atom is 0.227 e. The van der Waals surface area contributed by atoms with Gasteiger partial charge in [-0.3, -0.25) is 4.79 Å². The molecule has 98 valence electrons. The Labute approximate surface area is 105 Å². The number of carbonyl (C=O) groups excluding carboxylic acids is 1. The van der Waals surface area contributed by atoms with Crippen molar-refractivity contribution in [2.45, 2.75) is 64.5 Å². The van der Waals surface area contributed by atoms with Gasteiger partial charge >= 0.3 is 0 Å². The molecule has 0 spiro atoms. The van der Waals surface area contributed by atoms with Crippen molar-refractivity contribution in [3.05, 3.63) is 0 Å². The van der Waals surface area contributed by atoms with Crippen molar-refractivity contribution in [2.75, 3.05) is 6.54 Å². The first-order valence-electron chi connectivity index (χ1n) is 7.21. The molecule has 1 aliphatic carbocycles. The lowest BCUT2D eigenvalue weighted by molar-refractivity contribution is -0.138. The zero-order chi connectivity index (χ0) is 12.4. The van der Waals surface area contributed by atoms with Crippen molar-refractivity contribution in [1.29, 1.82) is 0 Å². The van der Waals surface area contributed by atoms with E-state index in [4.69, 9.17) is 5.73 Å². The highest BCUT2D eigenvalue weighted by Gasteiger charge is 2.38. The van der Waals surface area contributed by atoms with Crippen LogP contribution in [-0.4, -0.2) is 29.4 Å². The molecule has 1 saturated carbocycles. The Bertz CT molecular complexity index is 279. The lowest BCUT2D eigenvalue weighted by Gasteiger charge is -2.36. The van der Waals surface area contributed by atoms with E-state index in [1.54, 1.807) is 0 Å². The quantitative estimate of drug-likeness (QED) is 0.801. The van der Waals surface area contributed by atoms with Crippen molar-refractivity contribution >= 4 is 5.91 Å². The Morgan fingerprint density at radius 3 is 2.76 bits per heavy atom. The molecule has 17 heavy (non-hydrogen) atoms. The summed E-state index contributed by atoms with van der Waals surface area (Å²) in [4.78, 5) is 14.7. The van der Waals surface area contributed by atoms with E-state index in [1.165, 1.54) is 19.3 Å². The van der Waals surface area contributed by atoms with Crippen LogP contribution in [0.3, 0.4) is 0 Å². The molecule has 0 bridgehead atoms. The van der Waals surface area contributed by atoms with Gasteiger partial charge in [0, 0.05) is 18.6 Å². The van der Waals surface area contributed by atoms with Gasteiger partial charge in [-0.2, -0.15) is 0 Å². The third-order valence-electron chi connectivity index (χ3n) is 4.74. The van der Waals surface area contributed by atoms with Crippen molar-refractivity contribution in [1.82, 2.24) is 4.90 Å². The molecule has 1 heterocycles. The molecule has 2 N–H and O–H groups in total. The summed E-state index contributed by atoms with van der Waals surface area (Å²) in [5.41, 5.74) is 6.23. The second-order valence-corrected chi connectivity index (χ2v) is 5.83. The number of nitrogens with two attached hydrogens (primary N) is 1. The predicted molar refractivity (Wildman–Crippen MR) is 69.5 cm³/mol. The SMILES string of the molecule is CCC1CCCN1C(=O)C1CCCC(C)C1N. The molecular weight excluding hydrogens is 212 g/mol. The van der Waals surface area contributed by atoms with E-state index < -0.39 is 0 Å². The summed E-state index contributed by atoms with van der Waals surface area (Å²) in [6, 6.07) is 0.557. The first-order valence-corrected chi connectivity index (χ1v) is 7.21. The topological polar surface area (TPSA) is 46.3 Å². The van der Waals surface area contributed by atoms with E-state index in [1.807, 2.05) is 0 Å². The molecule has 4 unspecified atom stereocenters. The number of nitrogens with zero attached hydrogens (tertiary/aromatic N) is 1. The van der Waals surface area contributed by atoms with Gasteiger partial charge in [-0.1, -0.05) is 20.3 Å². The van der Waals surface area contributed by atoms with Crippen LogP contribution < -0.4 is 5.73 Å². The Morgan fingerprint density at radius 2 is 2.06 bits per heavy atom. The smallest absolute Gasteiger partial charge is 0.227 e. The monoisotopic (exact) mass is 238 g/mol. The summed E-state index contributed by atoms with van der Waals surface area (Å²) in [6.45, 7) is 5.32. The van der Waals surface area contributed by atoms with Gasteiger partial charge in [0.25, 0.3) is 0 Å². The average Bonchev–Trinajstić information content (AvgIpc) is 2.80. The van der Waals surface area contributed by atoms with Crippen LogP contribution in [0.1, 0.15) is 52.4 Å². The van der Waals surface area contributed by atoms with E-state index in [2.05, 4.69) is 18.7 Å². The molecular formula is C14H26N2O. The summed E-state index contributed by atoms with van der Waals surface area (Å²) >= 11 is 0. The second kappa shape index (κ2) is 5.38. The van der Waals surface area contributed by atoms with Crippen LogP contribution in [0.2, 0.25) is 0 Å². The highest BCUT2D eigenvalue weighted by atomic mass is 16.2. The van der Waals surface area contributed by atoms with Crippen LogP contribution in [0.5, 0.6) is 0 Å². The summed E-state index contributed by atoms with van der Waals surface area (Å²) in [7, 11) is 0. The lowest BCUT2D eigenvalue weighted by atomic mass is 9.77. The standard InChI is InChI=1S/C14H26N2O/c1-3-11-7-5-9-16(11)14(17)12-8-4-6-10(2)13(12)15/h10-13H,3-9,15H2,1-2H3. The fraction of sp³-hybridized carbons (Fsp3) is 0.929. The first kappa shape index (κ1) is 12.9. The summed E-state index contributed by atoms with van der Waals surface area (Å²) in [5, 5.41) is 0. The number of amides is 1. The molecule has 2 rings (SSSR count). The summed E-state index contributed by atoms with van der Waals surface area (Å²) < 4.78 is 0. The third kappa shape index (κ3) is 2.49. The number of rotatable bonds is 2. The maximum absolute atomic E-state index is 12.6. The van der Waals surface area contributed by atoms with Gasteiger partial charge in [-0.25, -0.2) is 0 Å². The van der Waals surface area contributed by atoms with Crippen LogP contribution in [0.15, 0.2) is 0 Å². The highest BCUT2D eigenvalue weighted by molar-refractivity contribution is 5.80. The second-order valence-electron chi connectivity index (χ2n) is 5.83. The van der Waals surface area contributed by atoms with Crippen LogP contribution in [0.25, 0.3) is 0 Å². The average molecular weight is 238 g/mol. The molecule has 0 aromatic heterocycles. The molecule has 0 aromatic carbocycles. The highest BCUT2D eigenvalue weighted by Crippen LogP contribution is 2.31. The molecule has 3 nitrogen and oxygen atoms in total. The number of carbonyl (C=O) groups is 1. The van der Waals surface area contributed by atoms with Crippen molar-refractivity contribution in [3.8, 4) is 0 Å². The fourth-order valence-electron chi connectivity index (χ4n) is 3.49. The minimum Gasteiger partial charge on any atom is -0.339 e. The molecule has 2 fully saturated rings. The molecule has 0 radical (unpaired) electrons. The number of likely N-dealkylation sites (tertiary alicyclic amines) is 1. The van der Waals surface area contributed by atoms with Crippen molar-refractivity contribution in [2.24, 2.45) is 17.6 Å². The summed E-state index contributed by atoms with van der Waals surface area (Å²) in [5.74, 6) is 0.930. The normalized spacial score (nSPS) is 38.4. The Balaban J connectivity index is 2.03. The molecule has 1 saturated heterocycles. The largest absolute Gasteiger partial charge is 0.339 e. The Kier molecular flexibility index (Phi) is 4.08. The molecule has 2 aliphatic rings. The van der Waals surface area contributed by atoms with E-state index >= 15 is 0 Å². The minimum absolute atomic E-state index is 0.0781. The molecule has 1 aliphatic heterocycles. The third-order valence-corrected chi connectivity index (χ3v) is 4.74. The van der Waals surface area contributed by atoms with E-state index in [9.17, 15) is 4.79 Å². The van der Waals surface area contributed by atoms with Crippen molar-refractivity contribution in [3.63, 3.8) is 0 Å². The van der Waals surface area contributed by atoms with E-state index in [0.29, 0.717) is 17.9 Å². The van der Waals surface area contributed by atoms with Gasteiger partial charge in [0.2, 0.25) is 5.91 Å². The first-order chi connectivity index (χ1) is 8.15. The molecule has 0 aromatic rings. The zero-order valence-electron chi connectivity index (χ0n) is 11.2. The molecule has 1 amide bonds. The van der Waals surface area contributed by atoms with Crippen LogP contribution >= 0.6 is 0 Å². The van der Waals surface area contributed by atoms with Crippen LogP contribution in [0.4, 0.5) is 0 Å². The van der Waals surface area contributed by atoms with Gasteiger partial charge in [0.15, 0.2) is 0 Å². The zero-order valence-corrected chi connectivity index (χ0v) is 11.2. The van der Waals surface area contributed by atoms with Gasteiger partial charge < -0.3 is 10.6 Å². The van der Waals surface area contributed by atoms with Gasteiger partial charge in [-0.15, -0.1) is 0 Å². The fourth-order valence-corrected chi connectivity index (χ4v) is 3.49. The predicted octanol–water partition coefficient (Wildman–Crippen LogP) is 2.15. The molecule has 3 heteroatoms. The van der Waals surface area contributed by atoms with E-state index in [-0.39, 0.29) is 12.0 Å². The molecule has 4 atom stereocenters. The van der Waals surface area contributed by atoms with Crippen LogP contribution in [0, 0.1) is 11.8 Å². The lowest BCUT2D eigenvalue weighted by Crippen LogP contribution is -2.49. The Hall–Kier alpha value is -0.570. The van der Waals surface area contributed by atoms with E-state index in [0.717, 1.165) is 25.8 Å². The Morgan fingerprint density at radius 1 is 1.29 bits per heavy atom. The van der Waals surface area contributed by atoms with Crippen LogP contribution in [-0.2, 0) is 4.79 Å².